The number of amides is 1. The van der Waals surface area contributed by atoms with E-state index in [1.54, 1.807) is 12.4 Å². The Morgan fingerprint density at radius 2 is 2.45 bits per heavy atom. The summed E-state index contributed by atoms with van der Waals surface area (Å²) in [5.41, 5.74) is 1.48. The van der Waals surface area contributed by atoms with Gasteiger partial charge in [0, 0.05) is 30.9 Å². The maximum atomic E-state index is 12.2. The van der Waals surface area contributed by atoms with Gasteiger partial charge in [0.1, 0.15) is 11.5 Å². The van der Waals surface area contributed by atoms with E-state index in [0.717, 1.165) is 29.4 Å². The van der Waals surface area contributed by atoms with Crippen molar-refractivity contribution >= 4 is 17.7 Å². The molecule has 0 spiro atoms. The molecule has 0 saturated heterocycles. The number of aryl methyl sites for hydroxylation is 1. The number of fused-ring (bicyclic) bond motifs is 1. The second-order valence-electron chi connectivity index (χ2n) is 4.77. The first-order chi connectivity index (χ1) is 9.74. The highest BCUT2D eigenvalue weighted by molar-refractivity contribution is 7.98. The summed E-state index contributed by atoms with van der Waals surface area (Å²) >= 11 is 1.85. The smallest absolute Gasteiger partial charge is 0.271 e. The summed E-state index contributed by atoms with van der Waals surface area (Å²) in [5, 5.41) is 2.96. The Hall–Kier alpha value is -1.82. The monoisotopic (exact) mass is 288 g/mol. The lowest BCUT2D eigenvalue weighted by Crippen LogP contribution is -2.27. The molecule has 0 saturated carbocycles. The zero-order valence-corrected chi connectivity index (χ0v) is 12.1. The van der Waals surface area contributed by atoms with E-state index in [1.807, 2.05) is 37.0 Å². The largest absolute Gasteiger partial charge is 0.344 e. The third-order valence-corrected chi connectivity index (χ3v) is 4.27. The van der Waals surface area contributed by atoms with Gasteiger partial charge in [0.05, 0.1) is 11.8 Å². The van der Waals surface area contributed by atoms with E-state index in [9.17, 15) is 4.79 Å². The van der Waals surface area contributed by atoms with Gasteiger partial charge >= 0.3 is 0 Å². The molecular weight excluding hydrogens is 272 g/mol. The lowest BCUT2D eigenvalue weighted by molar-refractivity contribution is 0.0935. The van der Waals surface area contributed by atoms with Gasteiger partial charge in [-0.05, 0) is 18.6 Å². The molecule has 0 fully saturated rings. The number of thioether (sulfide) groups is 1. The Balaban J connectivity index is 1.71. The molecule has 1 N–H and O–H groups in total. The van der Waals surface area contributed by atoms with Crippen LogP contribution in [0.5, 0.6) is 0 Å². The van der Waals surface area contributed by atoms with Crippen LogP contribution < -0.4 is 5.32 Å². The molecule has 0 bridgehead atoms. The quantitative estimate of drug-likeness (QED) is 0.938. The predicted molar refractivity (Wildman–Crippen MR) is 78.5 cm³/mol. The van der Waals surface area contributed by atoms with Crippen LogP contribution in [0.1, 0.15) is 34.8 Å². The summed E-state index contributed by atoms with van der Waals surface area (Å²) in [7, 11) is 0. The van der Waals surface area contributed by atoms with E-state index < -0.39 is 0 Å². The molecule has 5 nitrogen and oxygen atoms in total. The standard InChI is InChI=1S/C14H16N4OS/c1-10(11-3-2-4-15-7-11)16-14(19)12-8-18-5-6-20-9-13(18)17-12/h2-4,7-8,10H,5-6,9H2,1H3,(H,16,19)/t10-/m0/s1. The van der Waals surface area contributed by atoms with Crippen molar-refractivity contribution in [2.45, 2.75) is 25.3 Å². The van der Waals surface area contributed by atoms with Crippen LogP contribution in [0.2, 0.25) is 0 Å². The van der Waals surface area contributed by atoms with Crippen molar-refractivity contribution in [2.75, 3.05) is 5.75 Å². The van der Waals surface area contributed by atoms with E-state index in [-0.39, 0.29) is 11.9 Å². The summed E-state index contributed by atoms with van der Waals surface area (Å²) in [4.78, 5) is 20.7. The molecule has 1 aliphatic heterocycles. The molecule has 0 radical (unpaired) electrons. The Morgan fingerprint density at radius 1 is 1.55 bits per heavy atom. The van der Waals surface area contributed by atoms with Crippen LogP contribution in [0.25, 0.3) is 0 Å². The summed E-state index contributed by atoms with van der Waals surface area (Å²) < 4.78 is 2.07. The average Bonchev–Trinajstić information content (AvgIpc) is 2.92. The highest BCUT2D eigenvalue weighted by Gasteiger charge is 2.18. The van der Waals surface area contributed by atoms with Gasteiger partial charge in [-0.1, -0.05) is 6.07 Å². The first-order valence-corrected chi connectivity index (χ1v) is 7.74. The predicted octanol–water partition coefficient (Wildman–Crippen LogP) is 2.02. The van der Waals surface area contributed by atoms with Crippen molar-refractivity contribution in [1.29, 1.82) is 0 Å². The third-order valence-electron chi connectivity index (χ3n) is 3.33. The number of aromatic nitrogens is 3. The first-order valence-electron chi connectivity index (χ1n) is 6.58. The molecule has 0 aromatic carbocycles. The number of carbonyl (C=O) groups excluding carboxylic acids is 1. The van der Waals surface area contributed by atoms with Crippen LogP contribution >= 0.6 is 11.8 Å². The molecule has 1 atom stereocenters. The number of pyridine rings is 1. The second kappa shape index (κ2) is 5.66. The van der Waals surface area contributed by atoms with Gasteiger partial charge < -0.3 is 9.88 Å². The molecule has 2 aromatic rings. The Bertz CT molecular complexity index is 587. The van der Waals surface area contributed by atoms with Crippen molar-refractivity contribution in [3.05, 3.63) is 47.8 Å². The lowest BCUT2D eigenvalue weighted by Gasteiger charge is -2.12. The van der Waals surface area contributed by atoms with Crippen molar-refractivity contribution in [3.63, 3.8) is 0 Å². The lowest BCUT2D eigenvalue weighted by atomic mass is 10.1. The maximum absolute atomic E-state index is 12.2. The molecule has 0 aliphatic carbocycles. The van der Waals surface area contributed by atoms with Gasteiger partial charge in [-0.3, -0.25) is 9.78 Å². The van der Waals surface area contributed by atoms with E-state index >= 15 is 0 Å². The number of hydrogen-bond acceptors (Lipinski definition) is 4. The van der Waals surface area contributed by atoms with Gasteiger partial charge in [-0.15, -0.1) is 0 Å². The number of nitrogens with zero attached hydrogens (tertiary/aromatic N) is 3. The van der Waals surface area contributed by atoms with Crippen LogP contribution in [0.3, 0.4) is 0 Å². The van der Waals surface area contributed by atoms with Crippen molar-refractivity contribution in [2.24, 2.45) is 0 Å². The molecule has 3 heterocycles. The van der Waals surface area contributed by atoms with Crippen molar-refractivity contribution in [3.8, 4) is 0 Å². The molecule has 1 amide bonds. The van der Waals surface area contributed by atoms with Crippen LogP contribution in [0.15, 0.2) is 30.7 Å². The molecule has 2 aromatic heterocycles. The van der Waals surface area contributed by atoms with Gasteiger partial charge in [-0.2, -0.15) is 11.8 Å². The highest BCUT2D eigenvalue weighted by atomic mass is 32.2. The molecule has 3 rings (SSSR count). The van der Waals surface area contributed by atoms with Crippen LogP contribution in [-0.4, -0.2) is 26.2 Å². The minimum atomic E-state index is -0.131. The maximum Gasteiger partial charge on any atom is 0.271 e. The summed E-state index contributed by atoms with van der Waals surface area (Å²) in [6.45, 7) is 2.87. The fourth-order valence-corrected chi connectivity index (χ4v) is 3.07. The highest BCUT2D eigenvalue weighted by Crippen LogP contribution is 2.19. The molecule has 0 unspecified atom stereocenters. The van der Waals surface area contributed by atoms with Gasteiger partial charge in [0.25, 0.3) is 5.91 Å². The Morgan fingerprint density at radius 3 is 3.20 bits per heavy atom. The van der Waals surface area contributed by atoms with Crippen LogP contribution in [0, 0.1) is 0 Å². The first kappa shape index (κ1) is 13.2. The molecule has 6 heteroatoms. The van der Waals surface area contributed by atoms with Gasteiger partial charge in [-0.25, -0.2) is 4.98 Å². The van der Waals surface area contributed by atoms with E-state index in [2.05, 4.69) is 19.9 Å². The topological polar surface area (TPSA) is 59.8 Å². The molecule has 20 heavy (non-hydrogen) atoms. The van der Waals surface area contributed by atoms with Crippen molar-refractivity contribution in [1.82, 2.24) is 19.9 Å². The average molecular weight is 288 g/mol. The van der Waals surface area contributed by atoms with Crippen LogP contribution in [0.4, 0.5) is 0 Å². The number of rotatable bonds is 3. The number of hydrogen-bond donors (Lipinski definition) is 1. The van der Waals surface area contributed by atoms with Gasteiger partial charge in [0.15, 0.2) is 0 Å². The molecular formula is C14H16N4OS. The number of imidazole rings is 1. The summed E-state index contributed by atoms with van der Waals surface area (Å²) in [6.07, 6.45) is 5.33. The zero-order valence-electron chi connectivity index (χ0n) is 11.2. The number of carbonyl (C=O) groups is 1. The van der Waals surface area contributed by atoms with Gasteiger partial charge in [0.2, 0.25) is 0 Å². The SMILES string of the molecule is C[C@H](NC(=O)c1cn2c(n1)CSCC2)c1cccnc1. The minimum absolute atomic E-state index is 0.0793. The van der Waals surface area contributed by atoms with E-state index in [4.69, 9.17) is 0 Å². The Labute approximate surface area is 121 Å². The second-order valence-corrected chi connectivity index (χ2v) is 5.88. The number of nitrogens with one attached hydrogen (secondary N) is 1. The van der Waals surface area contributed by atoms with E-state index in [1.165, 1.54) is 0 Å². The van der Waals surface area contributed by atoms with E-state index in [0.29, 0.717) is 5.69 Å². The molecule has 1 aliphatic rings. The Kier molecular flexibility index (Phi) is 3.73. The fourth-order valence-electron chi connectivity index (χ4n) is 2.18. The minimum Gasteiger partial charge on any atom is -0.344 e. The molecule has 104 valence electrons. The van der Waals surface area contributed by atoms with Crippen LogP contribution in [-0.2, 0) is 12.3 Å². The zero-order chi connectivity index (χ0) is 13.9. The van der Waals surface area contributed by atoms with Crippen molar-refractivity contribution < 1.29 is 4.79 Å². The summed E-state index contributed by atoms with van der Waals surface area (Å²) in [5.74, 6) is 2.82. The normalized spacial score (nSPS) is 15.4. The summed E-state index contributed by atoms with van der Waals surface area (Å²) in [6, 6.07) is 3.74. The fraction of sp³-hybridized carbons (Fsp3) is 0.357. The third kappa shape index (κ3) is 2.70.